The van der Waals surface area contributed by atoms with Crippen LogP contribution in [0.15, 0.2) is 41.3 Å². The van der Waals surface area contributed by atoms with Gasteiger partial charge in [-0.3, -0.25) is 9.78 Å². The molecule has 3 rings (SSSR count). The quantitative estimate of drug-likeness (QED) is 0.684. The Morgan fingerprint density at radius 2 is 2.08 bits per heavy atom. The topological polar surface area (TPSA) is 74.1 Å². The van der Waals surface area contributed by atoms with Crippen molar-refractivity contribution in [1.82, 2.24) is 14.8 Å². The number of hydrogen-bond acceptors (Lipinski definition) is 5. The highest BCUT2D eigenvalue weighted by atomic mass is 16.5. The van der Waals surface area contributed by atoms with Gasteiger partial charge < -0.3 is 4.74 Å². The van der Waals surface area contributed by atoms with Gasteiger partial charge in [0, 0.05) is 23.7 Å². The minimum Gasteiger partial charge on any atom is -0.465 e. The van der Waals surface area contributed by atoms with Gasteiger partial charge in [-0.2, -0.15) is 5.10 Å². The molecule has 0 aliphatic heterocycles. The van der Waals surface area contributed by atoms with E-state index in [4.69, 9.17) is 4.74 Å². The Bertz CT molecular complexity index is 1010. The maximum Gasteiger partial charge on any atom is 0.338 e. The Balaban J connectivity index is 2.30. The van der Waals surface area contributed by atoms with Gasteiger partial charge in [0.1, 0.15) is 11.2 Å². The number of fused-ring (bicyclic) bond motifs is 1. The Morgan fingerprint density at radius 3 is 2.80 bits per heavy atom. The first-order valence-corrected chi connectivity index (χ1v) is 8.12. The van der Waals surface area contributed by atoms with Crippen LogP contribution in [0.4, 0.5) is 0 Å². The van der Waals surface area contributed by atoms with Crippen molar-refractivity contribution < 1.29 is 9.53 Å². The van der Waals surface area contributed by atoms with E-state index in [2.05, 4.69) is 10.1 Å². The van der Waals surface area contributed by atoms with Crippen LogP contribution in [0.3, 0.4) is 0 Å². The average molecular weight is 337 g/mol. The van der Waals surface area contributed by atoms with E-state index in [1.165, 1.54) is 11.8 Å². The summed E-state index contributed by atoms with van der Waals surface area (Å²) in [4.78, 5) is 28.8. The van der Waals surface area contributed by atoms with Crippen LogP contribution < -0.4 is 5.56 Å². The molecule has 0 bridgehead atoms. The lowest BCUT2D eigenvalue weighted by Crippen LogP contribution is -2.24. The van der Waals surface area contributed by atoms with E-state index in [9.17, 15) is 9.59 Å². The molecule has 3 aromatic rings. The zero-order valence-electron chi connectivity index (χ0n) is 14.4. The number of hydrogen-bond donors (Lipinski definition) is 0. The molecule has 0 amide bonds. The van der Waals surface area contributed by atoms with Gasteiger partial charge in [-0.05, 0) is 37.1 Å². The number of aromatic nitrogens is 3. The van der Waals surface area contributed by atoms with E-state index in [1.807, 2.05) is 32.0 Å². The predicted octanol–water partition coefficient (Wildman–Crippen LogP) is 2.96. The number of benzene rings is 1. The molecule has 0 radical (unpaired) electrons. The van der Waals surface area contributed by atoms with Gasteiger partial charge in [0.25, 0.3) is 5.56 Å². The fourth-order valence-corrected chi connectivity index (χ4v) is 2.78. The standard InChI is InChI=1S/C19H19N3O3/c1-4-10-22-18(23)17-14(6-5-9-20-17)16(21-22)13-8-7-12(2)15(11-13)19(24)25-3/h5-9,11H,4,10H2,1-3H3. The number of esters is 1. The highest BCUT2D eigenvalue weighted by molar-refractivity contribution is 5.96. The molecule has 2 heterocycles. The summed E-state index contributed by atoms with van der Waals surface area (Å²) < 4.78 is 6.28. The highest BCUT2D eigenvalue weighted by Gasteiger charge is 2.16. The molecule has 6 heteroatoms. The highest BCUT2D eigenvalue weighted by Crippen LogP contribution is 2.26. The first-order valence-electron chi connectivity index (χ1n) is 8.12. The fraction of sp³-hybridized carbons (Fsp3) is 0.263. The largest absolute Gasteiger partial charge is 0.465 e. The second-order valence-corrected chi connectivity index (χ2v) is 5.80. The molecule has 1 aromatic carbocycles. The SMILES string of the molecule is CCCn1nc(-c2ccc(C)c(C(=O)OC)c2)c2cccnc2c1=O. The molecule has 0 N–H and O–H groups in total. The summed E-state index contributed by atoms with van der Waals surface area (Å²) >= 11 is 0. The molecule has 0 fully saturated rings. The van der Waals surface area contributed by atoms with Crippen molar-refractivity contribution in [3.05, 3.63) is 58.0 Å². The second kappa shape index (κ2) is 6.84. The van der Waals surface area contributed by atoms with Gasteiger partial charge in [-0.25, -0.2) is 9.48 Å². The van der Waals surface area contributed by atoms with Gasteiger partial charge >= 0.3 is 5.97 Å². The molecule has 0 saturated heterocycles. The zero-order chi connectivity index (χ0) is 18.0. The van der Waals surface area contributed by atoms with Gasteiger partial charge in [0.2, 0.25) is 0 Å². The molecule has 0 aliphatic carbocycles. The van der Waals surface area contributed by atoms with Crippen molar-refractivity contribution in [2.75, 3.05) is 7.11 Å². The summed E-state index contributed by atoms with van der Waals surface area (Å²) in [5.41, 5.74) is 2.84. The normalized spacial score (nSPS) is 10.8. The summed E-state index contributed by atoms with van der Waals surface area (Å²) in [7, 11) is 1.35. The smallest absolute Gasteiger partial charge is 0.338 e. The van der Waals surface area contributed by atoms with Crippen molar-refractivity contribution in [1.29, 1.82) is 0 Å². The van der Waals surface area contributed by atoms with Crippen molar-refractivity contribution >= 4 is 16.9 Å². The number of methoxy groups -OCH3 is 1. The molecule has 2 aromatic heterocycles. The van der Waals surface area contributed by atoms with Gasteiger partial charge in [-0.15, -0.1) is 0 Å². The maximum absolute atomic E-state index is 12.5. The number of aryl methyl sites for hydroxylation is 2. The molecular formula is C19H19N3O3. The molecule has 0 saturated carbocycles. The van der Waals surface area contributed by atoms with Crippen molar-refractivity contribution in [3.63, 3.8) is 0 Å². The van der Waals surface area contributed by atoms with E-state index in [0.717, 1.165) is 17.5 Å². The fourth-order valence-electron chi connectivity index (χ4n) is 2.78. The Morgan fingerprint density at radius 1 is 1.28 bits per heavy atom. The lowest BCUT2D eigenvalue weighted by molar-refractivity contribution is 0.0600. The summed E-state index contributed by atoms with van der Waals surface area (Å²) in [6, 6.07) is 9.07. The van der Waals surface area contributed by atoms with Crippen LogP contribution in [0.1, 0.15) is 29.3 Å². The van der Waals surface area contributed by atoms with E-state index in [0.29, 0.717) is 28.7 Å². The number of rotatable bonds is 4. The maximum atomic E-state index is 12.5. The molecule has 128 valence electrons. The van der Waals surface area contributed by atoms with Crippen LogP contribution in [0.2, 0.25) is 0 Å². The number of carbonyl (C=O) groups is 1. The molecule has 0 unspecified atom stereocenters. The second-order valence-electron chi connectivity index (χ2n) is 5.80. The summed E-state index contributed by atoms with van der Waals surface area (Å²) in [5.74, 6) is -0.399. The van der Waals surface area contributed by atoms with Crippen LogP contribution in [0.25, 0.3) is 22.2 Å². The van der Waals surface area contributed by atoms with E-state index in [-0.39, 0.29) is 5.56 Å². The molecule has 6 nitrogen and oxygen atoms in total. The van der Waals surface area contributed by atoms with Crippen LogP contribution in [-0.2, 0) is 11.3 Å². The number of pyridine rings is 1. The zero-order valence-corrected chi connectivity index (χ0v) is 14.4. The van der Waals surface area contributed by atoms with Gasteiger partial charge in [0.05, 0.1) is 12.7 Å². The minimum atomic E-state index is -0.399. The van der Waals surface area contributed by atoms with Gasteiger partial charge in [-0.1, -0.05) is 19.1 Å². The van der Waals surface area contributed by atoms with E-state index < -0.39 is 5.97 Å². The number of carbonyl (C=O) groups excluding carboxylic acids is 1. The molecule has 0 spiro atoms. The lowest BCUT2D eigenvalue weighted by atomic mass is 10.0. The number of ether oxygens (including phenoxy) is 1. The number of nitrogens with zero attached hydrogens (tertiary/aromatic N) is 3. The molecule has 0 atom stereocenters. The van der Waals surface area contributed by atoms with Crippen LogP contribution in [0, 0.1) is 6.92 Å². The first kappa shape index (κ1) is 16.8. The Labute approximate surface area is 145 Å². The summed E-state index contributed by atoms with van der Waals surface area (Å²) in [6.07, 6.45) is 2.38. The molecule has 25 heavy (non-hydrogen) atoms. The monoisotopic (exact) mass is 337 g/mol. The summed E-state index contributed by atoms with van der Waals surface area (Å²) in [5, 5.41) is 5.19. The molecular weight excluding hydrogens is 318 g/mol. The van der Waals surface area contributed by atoms with E-state index in [1.54, 1.807) is 18.3 Å². The average Bonchev–Trinajstić information content (AvgIpc) is 2.64. The Kier molecular flexibility index (Phi) is 4.61. The third-order valence-electron chi connectivity index (χ3n) is 4.07. The van der Waals surface area contributed by atoms with Crippen LogP contribution in [-0.4, -0.2) is 27.8 Å². The first-order chi connectivity index (χ1) is 12.1. The Hall–Kier alpha value is -3.02. The third kappa shape index (κ3) is 3.03. The van der Waals surface area contributed by atoms with Crippen LogP contribution >= 0.6 is 0 Å². The predicted molar refractivity (Wildman–Crippen MR) is 95.6 cm³/mol. The minimum absolute atomic E-state index is 0.207. The van der Waals surface area contributed by atoms with Crippen molar-refractivity contribution in [3.8, 4) is 11.3 Å². The van der Waals surface area contributed by atoms with E-state index >= 15 is 0 Å². The lowest BCUT2D eigenvalue weighted by Gasteiger charge is -2.12. The van der Waals surface area contributed by atoms with Crippen molar-refractivity contribution in [2.24, 2.45) is 0 Å². The third-order valence-corrected chi connectivity index (χ3v) is 4.07. The van der Waals surface area contributed by atoms with Crippen molar-refractivity contribution in [2.45, 2.75) is 26.8 Å². The van der Waals surface area contributed by atoms with Gasteiger partial charge in [0.15, 0.2) is 0 Å². The molecule has 0 aliphatic rings. The summed E-state index contributed by atoms with van der Waals surface area (Å²) in [6.45, 7) is 4.34. The van der Waals surface area contributed by atoms with Crippen LogP contribution in [0.5, 0.6) is 0 Å².